The standard InChI is InChI=1S/C25H31N3O2S2/c1-19-7-5-6-8-20(19)17-22-18-31-24(26-22)27-13-15-28(16-14-27)32(29,30)23-11-9-21(10-12-23)25(2,3)4/h5-12,18H,13-17H2,1-4H3. The molecule has 0 saturated carbocycles. The van der Waals surface area contributed by atoms with E-state index in [4.69, 9.17) is 4.98 Å². The molecule has 7 heteroatoms. The van der Waals surface area contributed by atoms with E-state index in [2.05, 4.69) is 62.2 Å². The molecule has 1 fully saturated rings. The molecule has 1 aliphatic heterocycles. The first-order valence-corrected chi connectivity index (χ1v) is 13.3. The van der Waals surface area contributed by atoms with E-state index in [0.717, 1.165) is 22.8 Å². The van der Waals surface area contributed by atoms with Crippen molar-refractivity contribution in [1.29, 1.82) is 0 Å². The van der Waals surface area contributed by atoms with Crippen LogP contribution in [-0.2, 0) is 21.9 Å². The van der Waals surface area contributed by atoms with E-state index >= 15 is 0 Å². The number of aryl methyl sites for hydroxylation is 1. The van der Waals surface area contributed by atoms with Crippen molar-refractivity contribution in [2.45, 2.75) is 44.4 Å². The van der Waals surface area contributed by atoms with Crippen molar-refractivity contribution in [1.82, 2.24) is 9.29 Å². The van der Waals surface area contributed by atoms with Crippen molar-refractivity contribution < 1.29 is 8.42 Å². The number of anilines is 1. The molecule has 5 nitrogen and oxygen atoms in total. The summed E-state index contributed by atoms with van der Waals surface area (Å²) in [4.78, 5) is 7.39. The van der Waals surface area contributed by atoms with Gasteiger partial charge in [-0.15, -0.1) is 11.3 Å². The molecule has 0 N–H and O–H groups in total. The van der Waals surface area contributed by atoms with Crippen LogP contribution in [0.1, 0.15) is 43.2 Å². The average molecular weight is 470 g/mol. The van der Waals surface area contributed by atoms with E-state index in [-0.39, 0.29) is 5.41 Å². The molecular weight excluding hydrogens is 438 g/mol. The summed E-state index contributed by atoms with van der Waals surface area (Å²) in [5.74, 6) is 0. The van der Waals surface area contributed by atoms with Gasteiger partial charge in [0.15, 0.2) is 5.13 Å². The third kappa shape index (κ3) is 4.90. The number of sulfonamides is 1. The minimum absolute atomic E-state index is 0.000312. The first-order valence-electron chi connectivity index (χ1n) is 11.0. The van der Waals surface area contributed by atoms with Gasteiger partial charge in [-0.25, -0.2) is 13.4 Å². The highest BCUT2D eigenvalue weighted by atomic mass is 32.2. The first kappa shape index (κ1) is 23.0. The van der Waals surface area contributed by atoms with E-state index in [9.17, 15) is 8.42 Å². The number of nitrogens with zero attached hydrogens (tertiary/aromatic N) is 3. The number of benzene rings is 2. The van der Waals surface area contributed by atoms with Crippen LogP contribution in [-0.4, -0.2) is 43.9 Å². The molecule has 3 aromatic rings. The smallest absolute Gasteiger partial charge is 0.243 e. The second-order valence-corrected chi connectivity index (χ2v) is 12.2. The van der Waals surface area contributed by atoms with Crippen LogP contribution in [0.4, 0.5) is 5.13 Å². The van der Waals surface area contributed by atoms with Crippen molar-refractivity contribution in [3.05, 3.63) is 76.3 Å². The number of thiazole rings is 1. The van der Waals surface area contributed by atoms with E-state index in [1.165, 1.54) is 11.1 Å². The minimum Gasteiger partial charge on any atom is -0.345 e. The summed E-state index contributed by atoms with van der Waals surface area (Å²) >= 11 is 1.64. The lowest BCUT2D eigenvalue weighted by molar-refractivity contribution is 0.384. The van der Waals surface area contributed by atoms with Crippen LogP contribution >= 0.6 is 11.3 Å². The Bertz CT molecular complexity index is 1170. The maximum absolute atomic E-state index is 13.1. The monoisotopic (exact) mass is 469 g/mol. The van der Waals surface area contributed by atoms with Crippen LogP contribution in [0.15, 0.2) is 58.8 Å². The minimum atomic E-state index is -3.48. The summed E-state index contributed by atoms with van der Waals surface area (Å²) in [5, 5.41) is 3.09. The molecule has 2 aromatic carbocycles. The quantitative estimate of drug-likeness (QED) is 0.536. The van der Waals surface area contributed by atoms with Gasteiger partial charge < -0.3 is 4.90 Å². The van der Waals surface area contributed by atoms with Gasteiger partial charge in [-0.1, -0.05) is 57.2 Å². The maximum Gasteiger partial charge on any atom is 0.243 e. The van der Waals surface area contributed by atoms with Gasteiger partial charge in [0.05, 0.1) is 10.6 Å². The third-order valence-corrected chi connectivity index (χ3v) is 8.90. The fourth-order valence-electron chi connectivity index (χ4n) is 3.92. The van der Waals surface area contributed by atoms with Crippen LogP contribution in [0.25, 0.3) is 0 Å². The highest BCUT2D eigenvalue weighted by Crippen LogP contribution is 2.27. The molecule has 1 aromatic heterocycles. The van der Waals surface area contributed by atoms with Gasteiger partial charge in [0, 0.05) is 38.0 Å². The topological polar surface area (TPSA) is 53.5 Å². The fraction of sp³-hybridized carbons (Fsp3) is 0.400. The molecule has 4 rings (SSSR count). The van der Waals surface area contributed by atoms with Gasteiger partial charge in [0.25, 0.3) is 0 Å². The zero-order valence-corrected chi connectivity index (χ0v) is 20.8. The lowest BCUT2D eigenvalue weighted by atomic mass is 9.87. The molecule has 1 saturated heterocycles. The molecule has 32 heavy (non-hydrogen) atoms. The van der Waals surface area contributed by atoms with Crippen molar-refractivity contribution in [3.63, 3.8) is 0 Å². The molecule has 0 aliphatic carbocycles. The largest absolute Gasteiger partial charge is 0.345 e. The first-order chi connectivity index (χ1) is 15.1. The molecule has 170 valence electrons. The number of rotatable bonds is 5. The molecule has 0 atom stereocenters. The lowest BCUT2D eigenvalue weighted by Gasteiger charge is -2.33. The summed E-state index contributed by atoms with van der Waals surface area (Å²) in [6.45, 7) is 10.7. The summed E-state index contributed by atoms with van der Waals surface area (Å²) in [7, 11) is -3.48. The lowest BCUT2D eigenvalue weighted by Crippen LogP contribution is -2.48. The Morgan fingerprint density at radius 2 is 1.62 bits per heavy atom. The van der Waals surface area contributed by atoms with Gasteiger partial charge in [0.2, 0.25) is 10.0 Å². The van der Waals surface area contributed by atoms with Crippen molar-refractivity contribution in [3.8, 4) is 0 Å². The van der Waals surface area contributed by atoms with Gasteiger partial charge >= 0.3 is 0 Å². The maximum atomic E-state index is 13.1. The molecule has 0 radical (unpaired) electrons. The van der Waals surface area contributed by atoms with Crippen molar-refractivity contribution in [2.75, 3.05) is 31.1 Å². The Labute approximate surface area is 195 Å². The molecule has 2 heterocycles. The Balaban J connectivity index is 1.40. The summed E-state index contributed by atoms with van der Waals surface area (Å²) in [6.07, 6.45) is 0.822. The molecule has 0 amide bonds. The number of hydrogen-bond acceptors (Lipinski definition) is 5. The second-order valence-electron chi connectivity index (χ2n) is 9.39. The third-order valence-electron chi connectivity index (χ3n) is 6.04. The Morgan fingerprint density at radius 3 is 2.25 bits per heavy atom. The highest BCUT2D eigenvalue weighted by molar-refractivity contribution is 7.89. The Kier molecular flexibility index (Phi) is 6.43. The number of aromatic nitrogens is 1. The molecule has 0 unspecified atom stereocenters. The number of hydrogen-bond donors (Lipinski definition) is 0. The molecule has 0 bridgehead atoms. The van der Waals surface area contributed by atoms with Crippen LogP contribution in [0, 0.1) is 6.92 Å². The molecule has 0 spiro atoms. The van der Waals surface area contributed by atoms with Gasteiger partial charge in [-0.05, 0) is 41.2 Å². The predicted octanol–water partition coefficient (Wildman–Crippen LogP) is 4.85. The predicted molar refractivity (Wildman–Crippen MR) is 132 cm³/mol. The summed E-state index contributed by atoms with van der Waals surface area (Å²) in [6, 6.07) is 15.7. The molecular formula is C25H31N3O2S2. The van der Waals surface area contributed by atoms with Crippen LogP contribution in [0.3, 0.4) is 0 Å². The zero-order valence-electron chi connectivity index (χ0n) is 19.2. The molecule has 1 aliphatic rings. The normalized spacial score (nSPS) is 15.8. The van der Waals surface area contributed by atoms with E-state index < -0.39 is 10.0 Å². The average Bonchev–Trinajstić information content (AvgIpc) is 3.23. The Morgan fingerprint density at radius 1 is 0.969 bits per heavy atom. The fourth-order valence-corrected chi connectivity index (χ4v) is 6.22. The van der Waals surface area contributed by atoms with Crippen molar-refractivity contribution in [2.24, 2.45) is 0 Å². The van der Waals surface area contributed by atoms with Crippen molar-refractivity contribution >= 4 is 26.5 Å². The SMILES string of the molecule is Cc1ccccc1Cc1csc(N2CCN(S(=O)(=O)c3ccc(C(C)(C)C)cc3)CC2)n1. The van der Waals surface area contributed by atoms with Crippen LogP contribution in [0.2, 0.25) is 0 Å². The van der Waals surface area contributed by atoms with Gasteiger partial charge in [-0.3, -0.25) is 0 Å². The Hall–Kier alpha value is -2.22. The summed E-state index contributed by atoms with van der Waals surface area (Å²) in [5.41, 5.74) is 4.76. The van der Waals surface area contributed by atoms with Crippen LogP contribution < -0.4 is 4.90 Å². The number of piperazine rings is 1. The van der Waals surface area contributed by atoms with Crippen LogP contribution in [0.5, 0.6) is 0 Å². The van der Waals surface area contributed by atoms with E-state index in [0.29, 0.717) is 31.1 Å². The highest BCUT2D eigenvalue weighted by Gasteiger charge is 2.29. The van der Waals surface area contributed by atoms with E-state index in [1.807, 2.05) is 12.1 Å². The van der Waals surface area contributed by atoms with E-state index in [1.54, 1.807) is 27.8 Å². The zero-order chi connectivity index (χ0) is 22.9. The van der Waals surface area contributed by atoms with Gasteiger partial charge in [0.1, 0.15) is 0 Å². The van der Waals surface area contributed by atoms with Gasteiger partial charge in [-0.2, -0.15) is 4.31 Å². The second kappa shape index (κ2) is 8.96. The summed E-state index contributed by atoms with van der Waals surface area (Å²) < 4.78 is 27.8.